The van der Waals surface area contributed by atoms with Crippen LogP contribution in [0.5, 0.6) is 0 Å². The van der Waals surface area contributed by atoms with Crippen molar-refractivity contribution in [2.45, 2.75) is 57.4 Å². The highest BCUT2D eigenvalue weighted by Gasteiger charge is 2.30. The molecule has 0 aromatic heterocycles. The number of rotatable bonds is 5. The van der Waals surface area contributed by atoms with Crippen molar-refractivity contribution < 1.29 is 4.79 Å². The standard InChI is InChI=1S/C12H24N2OS/c1-4-16-11-7-5-6-10(11)14-12(15)8(2)9(3)13/h8-11H,4-7,13H2,1-3H3,(H,14,15). The molecule has 0 saturated heterocycles. The molecule has 0 aromatic carbocycles. The van der Waals surface area contributed by atoms with Crippen LogP contribution in [0.2, 0.25) is 0 Å². The Labute approximate surface area is 103 Å². The Hall–Kier alpha value is -0.220. The highest BCUT2D eigenvalue weighted by Crippen LogP contribution is 2.30. The summed E-state index contributed by atoms with van der Waals surface area (Å²) in [5.41, 5.74) is 5.74. The van der Waals surface area contributed by atoms with Crippen molar-refractivity contribution in [1.29, 1.82) is 0 Å². The molecule has 4 heteroatoms. The van der Waals surface area contributed by atoms with Crippen molar-refractivity contribution in [3.8, 4) is 0 Å². The van der Waals surface area contributed by atoms with Gasteiger partial charge in [-0.1, -0.05) is 20.3 Å². The third kappa shape index (κ3) is 3.67. The van der Waals surface area contributed by atoms with Gasteiger partial charge >= 0.3 is 0 Å². The summed E-state index contributed by atoms with van der Waals surface area (Å²) in [6.45, 7) is 5.96. The Balaban J connectivity index is 2.43. The van der Waals surface area contributed by atoms with Crippen molar-refractivity contribution in [2.24, 2.45) is 11.7 Å². The number of carbonyl (C=O) groups is 1. The van der Waals surface area contributed by atoms with E-state index in [2.05, 4.69) is 12.2 Å². The summed E-state index contributed by atoms with van der Waals surface area (Å²) in [5.74, 6) is 1.15. The molecule has 1 amide bonds. The first-order chi connectivity index (χ1) is 7.56. The summed E-state index contributed by atoms with van der Waals surface area (Å²) in [4.78, 5) is 11.9. The lowest BCUT2D eigenvalue weighted by molar-refractivity contribution is -0.125. The third-order valence-electron chi connectivity index (χ3n) is 3.36. The number of nitrogens with two attached hydrogens (primary N) is 1. The smallest absolute Gasteiger partial charge is 0.224 e. The van der Waals surface area contributed by atoms with Crippen molar-refractivity contribution in [3.63, 3.8) is 0 Å². The molecule has 4 unspecified atom stereocenters. The van der Waals surface area contributed by atoms with Gasteiger partial charge < -0.3 is 11.1 Å². The van der Waals surface area contributed by atoms with Crippen LogP contribution in [0.1, 0.15) is 40.0 Å². The maximum Gasteiger partial charge on any atom is 0.224 e. The summed E-state index contributed by atoms with van der Waals surface area (Å²) in [5, 5.41) is 3.76. The molecule has 16 heavy (non-hydrogen) atoms. The van der Waals surface area contributed by atoms with Crippen LogP contribution in [0, 0.1) is 5.92 Å². The molecule has 4 atom stereocenters. The topological polar surface area (TPSA) is 55.1 Å². The molecule has 1 rings (SSSR count). The minimum Gasteiger partial charge on any atom is -0.352 e. The van der Waals surface area contributed by atoms with Crippen LogP contribution in [0.4, 0.5) is 0 Å². The first-order valence-electron chi connectivity index (χ1n) is 6.23. The van der Waals surface area contributed by atoms with Crippen LogP contribution >= 0.6 is 11.8 Å². The zero-order chi connectivity index (χ0) is 12.1. The van der Waals surface area contributed by atoms with E-state index in [0.717, 1.165) is 12.2 Å². The van der Waals surface area contributed by atoms with Crippen LogP contribution in [-0.2, 0) is 4.79 Å². The average Bonchev–Trinajstić information content (AvgIpc) is 2.65. The van der Waals surface area contributed by atoms with Gasteiger partial charge in [-0.2, -0.15) is 11.8 Å². The van der Waals surface area contributed by atoms with E-state index < -0.39 is 0 Å². The number of hydrogen-bond donors (Lipinski definition) is 2. The summed E-state index contributed by atoms with van der Waals surface area (Å²) in [6, 6.07) is 0.289. The third-order valence-corrected chi connectivity index (χ3v) is 4.69. The zero-order valence-electron chi connectivity index (χ0n) is 10.5. The fourth-order valence-electron chi connectivity index (χ4n) is 2.06. The molecule has 1 fully saturated rings. The maximum absolute atomic E-state index is 11.9. The molecule has 94 valence electrons. The largest absolute Gasteiger partial charge is 0.352 e. The van der Waals surface area contributed by atoms with Gasteiger partial charge in [0, 0.05) is 23.3 Å². The molecule has 3 nitrogen and oxygen atoms in total. The van der Waals surface area contributed by atoms with Gasteiger partial charge in [0.1, 0.15) is 0 Å². The molecule has 1 aliphatic carbocycles. The fourth-order valence-corrected chi connectivity index (χ4v) is 3.26. The first kappa shape index (κ1) is 13.8. The molecule has 0 bridgehead atoms. The number of hydrogen-bond acceptors (Lipinski definition) is 3. The SMILES string of the molecule is CCSC1CCCC1NC(=O)C(C)C(C)N. The molecular formula is C12H24N2OS. The van der Waals surface area contributed by atoms with Crippen molar-refractivity contribution in [1.82, 2.24) is 5.32 Å². The highest BCUT2D eigenvalue weighted by atomic mass is 32.2. The Morgan fingerprint density at radius 1 is 1.50 bits per heavy atom. The molecule has 0 aliphatic heterocycles. The quantitative estimate of drug-likeness (QED) is 0.775. The van der Waals surface area contributed by atoms with Gasteiger partial charge in [-0.3, -0.25) is 4.79 Å². The van der Waals surface area contributed by atoms with Crippen molar-refractivity contribution in [3.05, 3.63) is 0 Å². The predicted octanol–water partition coefficient (Wildman–Crippen LogP) is 1.76. The first-order valence-corrected chi connectivity index (χ1v) is 7.28. The van der Waals surface area contributed by atoms with Gasteiger partial charge in [-0.25, -0.2) is 0 Å². The lowest BCUT2D eigenvalue weighted by atomic mass is 10.0. The Morgan fingerprint density at radius 3 is 2.75 bits per heavy atom. The van der Waals surface area contributed by atoms with Gasteiger partial charge in [0.05, 0.1) is 0 Å². The number of thioether (sulfide) groups is 1. The number of nitrogens with one attached hydrogen (secondary N) is 1. The van der Waals surface area contributed by atoms with Crippen LogP contribution in [0.15, 0.2) is 0 Å². The van der Waals surface area contributed by atoms with E-state index in [9.17, 15) is 4.79 Å². The highest BCUT2D eigenvalue weighted by molar-refractivity contribution is 7.99. The fraction of sp³-hybridized carbons (Fsp3) is 0.917. The summed E-state index contributed by atoms with van der Waals surface area (Å²) in [6.07, 6.45) is 3.58. The summed E-state index contributed by atoms with van der Waals surface area (Å²) < 4.78 is 0. The van der Waals surface area contributed by atoms with E-state index in [1.807, 2.05) is 25.6 Å². The maximum atomic E-state index is 11.9. The Kier molecular flexibility index (Phi) is 5.62. The molecule has 0 aromatic rings. The molecule has 0 heterocycles. The predicted molar refractivity (Wildman–Crippen MR) is 70.5 cm³/mol. The zero-order valence-corrected chi connectivity index (χ0v) is 11.3. The van der Waals surface area contributed by atoms with Crippen LogP contribution in [0.3, 0.4) is 0 Å². The van der Waals surface area contributed by atoms with Gasteiger partial charge in [0.25, 0.3) is 0 Å². The second-order valence-electron chi connectivity index (χ2n) is 4.69. The van der Waals surface area contributed by atoms with E-state index in [-0.39, 0.29) is 17.9 Å². The van der Waals surface area contributed by atoms with Crippen LogP contribution in [-0.4, -0.2) is 29.0 Å². The van der Waals surface area contributed by atoms with Gasteiger partial charge in [-0.05, 0) is 25.5 Å². The molecular weight excluding hydrogens is 220 g/mol. The van der Waals surface area contributed by atoms with Crippen LogP contribution < -0.4 is 11.1 Å². The molecule has 1 aliphatic rings. The van der Waals surface area contributed by atoms with E-state index in [1.54, 1.807) is 0 Å². The minimum atomic E-state index is -0.0899. The molecule has 3 N–H and O–H groups in total. The van der Waals surface area contributed by atoms with E-state index in [0.29, 0.717) is 11.3 Å². The number of carbonyl (C=O) groups excluding carboxylic acids is 1. The Bertz CT molecular complexity index is 233. The lowest BCUT2D eigenvalue weighted by Gasteiger charge is -2.23. The monoisotopic (exact) mass is 244 g/mol. The van der Waals surface area contributed by atoms with Crippen molar-refractivity contribution >= 4 is 17.7 Å². The second-order valence-corrected chi connectivity index (χ2v) is 6.20. The second kappa shape index (κ2) is 6.50. The van der Waals surface area contributed by atoms with E-state index in [1.165, 1.54) is 12.8 Å². The molecule has 0 spiro atoms. The normalized spacial score (nSPS) is 28.8. The van der Waals surface area contributed by atoms with E-state index in [4.69, 9.17) is 5.73 Å². The average molecular weight is 244 g/mol. The van der Waals surface area contributed by atoms with Crippen LogP contribution in [0.25, 0.3) is 0 Å². The summed E-state index contributed by atoms with van der Waals surface area (Å²) >= 11 is 1.96. The van der Waals surface area contributed by atoms with Gasteiger partial charge in [0.2, 0.25) is 5.91 Å². The Morgan fingerprint density at radius 2 is 2.19 bits per heavy atom. The van der Waals surface area contributed by atoms with Crippen molar-refractivity contribution in [2.75, 3.05) is 5.75 Å². The minimum absolute atomic E-state index is 0.0707. The number of amides is 1. The van der Waals surface area contributed by atoms with Gasteiger partial charge in [-0.15, -0.1) is 0 Å². The van der Waals surface area contributed by atoms with E-state index >= 15 is 0 Å². The van der Waals surface area contributed by atoms with Gasteiger partial charge in [0.15, 0.2) is 0 Å². The summed E-state index contributed by atoms with van der Waals surface area (Å²) in [7, 11) is 0. The lowest BCUT2D eigenvalue weighted by Crippen LogP contribution is -2.45. The molecule has 0 radical (unpaired) electrons. The molecule has 1 saturated carbocycles.